The molecule has 1 unspecified atom stereocenters. The van der Waals surface area contributed by atoms with E-state index in [9.17, 15) is 4.79 Å². The van der Waals surface area contributed by atoms with Crippen LogP contribution in [0.3, 0.4) is 0 Å². The lowest BCUT2D eigenvalue weighted by atomic mass is 10.1. The van der Waals surface area contributed by atoms with Crippen molar-refractivity contribution in [2.45, 2.75) is 13.0 Å². The Morgan fingerprint density at radius 3 is 2.68 bits per heavy atom. The van der Waals surface area contributed by atoms with Crippen LogP contribution in [-0.2, 0) is 9.53 Å². The van der Waals surface area contributed by atoms with Gasteiger partial charge < -0.3 is 19.5 Å². The summed E-state index contributed by atoms with van der Waals surface area (Å²) in [6.07, 6.45) is 3.23. The summed E-state index contributed by atoms with van der Waals surface area (Å²) < 4.78 is 16.4. The molecule has 1 N–H and O–H groups in total. The number of hydrogen-bond acceptors (Lipinski definition) is 5. The molecule has 0 saturated carbocycles. The number of methoxy groups -OCH3 is 1. The Balaban J connectivity index is 1.71. The number of ether oxygens (including phenoxy) is 3. The lowest BCUT2D eigenvalue weighted by Crippen LogP contribution is -2.42. The molecule has 1 saturated heterocycles. The van der Waals surface area contributed by atoms with Gasteiger partial charge >= 0.3 is 0 Å². The van der Waals surface area contributed by atoms with Gasteiger partial charge in [-0.05, 0) is 36.3 Å². The molecule has 0 aromatic heterocycles. The first-order valence-electron chi connectivity index (χ1n) is 10.4. The fraction of sp³-hybridized carbons (Fsp3) is 0.375. The SMILES string of the molecule is CCOc1c(Cl)cc(/C=C/C(=O)NC(CN2CCOCC2)c2ccccc2)cc1OC. The van der Waals surface area contributed by atoms with Gasteiger partial charge in [-0.25, -0.2) is 0 Å². The van der Waals surface area contributed by atoms with E-state index in [0.29, 0.717) is 23.1 Å². The van der Waals surface area contributed by atoms with Gasteiger partial charge in [-0.3, -0.25) is 9.69 Å². The number of nitrogens with one attached hydrogen (secondary N) is 1. The largest absolute Gasteiger partial charge is 0.493 e. The Kier molecular flexibility index (Phi) is 8.76. The lowest BCUT2D eigenvalue weighted by Gasteiger charge is -2.31. The highest BCUT2D eigenvalue weighted by Gasteiger charge is 2.19. The van der Waals surface area contributed by atoms with Crippen molar-refractivity contribution in [1.82, 2.24) is 10.2 Å². The van der Waals surface area contributed by atoms with Crippen LogP contribution < -0.4 is 14.8 Å². The number of benzene rings is 2. The Labute approximate surface area is 188 Å². The molecule has 166 valence electrons. The fourth-order valence-electron chi connectivity index (χ4n) is 3.47. The van der Waals surface area contributed by atoms with Crippen molar-refractivity contribution in [3.05, 3.63) is 64.7 Å². The van der Waals surface area contributed by atoms with E-state index in [2.05, 4.69) is 10.2 Å². The van der Waals surface area contributed by atoms with Crippen LogP contribution in [0, 0.1) is 0 Å². The minimum absolute atomic E-state index is 0.116. The monoisotopic (exact) mass is 444 g/mol. The minimum atomic E-state index is -0.175. The maximum absolute atomic E-state index is 12.7. The zero-order valence-electron chi connectivity index (χ0n) is 18.0. The highest BCUT2D eigenvalue weighted by Crippen LogP contribution is 2.36. The second kappa shape index (κ2) is 11.7. The molecule has 6 nitrogen and oxygen atoms in total. The molecule has 7 heteroatoms. The molecule has 0 spiro atoms. The number of carbonyl (C=O) groups is 1. The molecule has 0 aliphatic carbocycles. The van der Waals surface area contributed by atoms with E-state index < -0.39 is 0 Å². The topological polar surface area (TPSA) is 60.0 Å². The number of rotatable bonds is 9. The zero-order chi connectivity index (χ0) is 22.1. The average Bonchev–Trinajstić information content (AvgIpc) is 2.80. The van der Waals surface area contributed by atoms with E-state index in [-0.39, 0.29) is 11.9 Å². The number of nitrogens with zero attached hydrogens (tertiary/aromatic N) is 1. The highest BCUT2D eigenvalue weighted by molar-refractivity contribution is 6.32. The summed E-state index contributed by atoms with van der Waals surface area (Å²) in [6.45, 7) is 6.26. The van der Waals surface area contributed by atoms with Gasteiger partial charge in [-0.2, -0.15) is 0 Å². The summed E-state index contributed by atoms with van der Waals surface area (Å²) in [5, 5.41) is 3.57. The summed E-state index contributed by atoms with van der Waals surface area (Å²) >= 11 is 6.33. The molecule has 1 aliphatic rings. The van der Waals surface area contributed by atoms with Crippen LogP contribution in [0.5, 0.6) is 11.5 Å². The van der Waals surface area contributed by atoms with Crippen LogP contribution in [0.4, 0.5) is 0 Å². The molecular weight excluding hydrogens is 416 g/mol. The first-order valence-corrected chi connectivity index (χ1v) is 10.8. The number of hydrogen-bond donors (Lipinski definition) is 1. The van der Waals surface area contributed by atoms with Crippen molar-refractivity contribution in [3.63, 3.8) is 0 Å². The molecular formula is C24H29ClN2O4. The molecule has 3 rings (SSSR count). The zero-order valence-corrected chi connectivity index (χ0v) is 18.7. The van der Waals surface area contributed by atoms with Crippen LogP contribution in [0.15, 0.2) is 48.5 Å². The van der Waals surface area contributed by atoms with E-state index in [1.165, 1.54) is 6.08 Å². The van der Waals surface area contributed by atoms with E-state index >= 15 is 0 Å². The van der Waals surface area contributed by atoms with Crippen molar-refractivity contribution >= 4 is 23.6 Å². The fourth-order valence-corrected chi connectivity index (χ4v) is 3.75. The summed E-state index contributed by atoms with van der Waals surface area (Å²) in [7, 11) is 1.56. The van der Waals surface area contributed by atoms with E-state index in [4.69, 9.17) is 25.8 Å². The number of carbonyl (C=O) groups excluding carboxylic acids is 1. The van der Waals surface area contributed by atoms with Gasteiger partial charge in [-0.1, -0.05) is 41.9 Å². The van der Waals surface area contributed by atoms with Gasteiger partial charge in [0.2, 0.25) is 5.91 Å². The smallest absolute Gasteiger partial charge is 0.244 e. The Bertz CT molecular complexity index is 883. The Morgan fingerprint density at radius 1 is 1.26 bits per heavy atom. The molecule has 2 aromatic carbocycles. The third kappa shape index (κ3) is 6.72. The summed E-state index contributed by atoms with van der Waals surface area (Å²) in [4.78, 5) is 15.0. The first kappa shape index (κ1) is 23.1. The van der Waals surface area contributed by atoms with Gasteiger partial charge in [0.05, 0.1) is 38.0 Å². The van der Waals surface area contributed by atoms with E-state index in [0.717, 1.165) is 44.0 Å². The van der Waals surface area contributed by atoms with Crippen LogP contribution in [0.2, 0.25) is 5.02 Å². The molecule has 1 heterocycles. The van der Waals surface area contributed by atoms with Crippen molar-refractivity contribution in [3.8, 4) is 11.5 Å². The van der Waals surface area contributed by atoms with Crippen molar-refractivity contribution in [2.24, 2.45) is 0 Å². The number of morpholine rings is 1. The summed E-state index contributed by atoms with van der Waals surface area (Å²) in [5.74, 6) is 0.859. The molecule has 1 aliphatic heterocycles. The van der Waals surface area contributed by atoms with Crippen LogP contribution in [0.25, 0.3) is 6.08 Å². The van der Waals surface area contributed by atoms with Gasteiger partial charge in [0.15, 0.2) is 11.5 Å². The molecule has 1 atom stereocenters. The average molecular weight is 445 g/mol. The van der Waals surface area contributed by atoms with Gasteiger partial charge in [0, 0.05) is 25.7 Å². The van der Waals surface area contributed by atoms with Gasteiger partial charge in [0.25, 0.3) is 0 Å². The Hall–Kier alpha value is -2.54. The second-order valence-electron chi connectivity index (χ2n) is 7.19. The number of halogens is 1. The minimum Gasteiger partial charge on any atom is -0.493 e. The normalized spacial score (nSPS) is 15.6. The molecule has 0 radical (unpaired) electrons. The van der Waals surface area contributed by atoms with Crippen molar-refractivity contribution < 1.29 is 19.0 Å². The molecule has 1 amide bonds. The van der Waals surface area contributed by atoms with Gasteiger partial charge in [-0.15, -0.1) is 0 Å². The predicted octanol–water partition coefficient (Wildman–Crippen LogP) is 3.95. The number of amides is 1. The molecule has 0 bridgehead atoms. The van der Waals surface area contributed by atoms with Gasteiger partial charge in [0.1, 0.15) is 0 Å². The third-order valence-corrected chi connectivity index (χ3v) is 5.31. The Morgan fingerprint density at radius 2 is 2.00 bits per heavy atom. The third-order valence-electron chi connectivity index (χ3n) is 5.03. The van der Waals surface area contributed by atoms with Crippen molar-refractivity contribution in [1.29, 1.82) is 0 Å². The first-order chi connectivity index (χ1) is 15.1. The highest BCUT2D eigenvalue weighted by atomic mass is 35.5. The lowest BCUT2D eigenvalue weighted by molar-refractivity contribution is -0.117. The molecule has 31 heavy (non-hydrogen) atoms. The van der Waals surface area contributed by atoms with E-state index in [1.807, 2.05) is 37.3 Å². The van der Waals surface area contributed by atoms with Crippen LogP contribution in [0.1, 0.15) is 24.1 Å². The van der Waals surface area contributed by atoms with Crippen molar-refractivity contribution in [2.75, 3.05) is 46.6 Å². The standard InChI is InChI=1S/C24H29ClN2O4/c1-3-31-24-20(25)15-18(16-22(24)29-2)9-10-23(28)26-21(19-7-5-4-6-8-19)17-27-11-13-30-14-12-27/h4-10,15-16,21H,3,11-14,17H2,1-2H3,(H,26,28)/b10-9+. The quantitative estimate of drug-likeness (QED) is 0.593. The summed E-state index contributed by atoms with van der Waals surface area (Å²) in [6, 6.07) is 13.4. The van der Waals surface area contributed by atoms with E-state index in [1.54, 1.807) is 25.3 Å². The predicted molar refractivity (Wildman–Crippen MR) is 123 cm³/mol. The van der Waals surface area contributed by atoms with Crippen LogP contribution >= 0.6 is 11.6 Å². The summed E-state index contributed by atoms with van der Waals surface area (Å²) in [5.41, 5.74) is 1.83. The van der Waals surface area contributed by atoms with Crippen LogP contribution in [-0.4, -0.2) is 57.4 Å². The molecule has 1 fully saturated rings. The maximum atomic E-state index is 12.7. The molecule has 2 aromatic rings. The maximum Gasteiger partial charge on any atom is 0.244 e. The second-order valence-corrected chi connectivity index (χ2v) is 7.59.